The number of nitrogens with zero attached hydrogens (tertiary/aromatic N) is 2. The van der Waals surface area contributed by atoms with Gasteiger partial charge in [0.1, 0.15) is 17.9 Å². The third kappa shape index (κ3) is 3.52. The van der Waals surface area contributed by atoms with Crippen LogP contribution >= 0.6 is 12.4 Å². The number of benzene rings is 1. The normalized spacial score (nSPS) is 13.7. The molecule has 0 spiro atoms. The highest BCUT2D eigenvalue weighted by Crippen LogP contribution is 2.36. The summed E-state index contributed by atoms with van der Waals surface area (Å²) in [6.07, 6.45) is 4.55. The standard InChI is InChI=1S/C21H24N2O.ClH/c1-14-5-4-6-18(11-14)13-24-19-9-10-22-20-15(2)16(3)23(21(19)20)12-17-7-8-17;/h4-6,9-11,17H,7-8,12-13H2,1-3H3;1H. The van der Waals surface area contributed by atoms with E-state index in [9.17, 15) is 0 Å². The van der Waals surface area contributed by atoms with Crippen molar-refractivity contribution >= 4 is 23.4 Å². The summed E-state index contributed by atoms with van der Waals surface area (Å²) in [5, 5.41) is 0. The van der Waals surface area contributed by atoms with E-state index in [0.29, 0.717) is 6.61 Å². The SMILES string of the molecule is Cc1cccc(COc2ccnc3c(C)c(C)n(CC4CC4)c23)c1.Cl. The molecule has 0 unspecified atom stereocenters. The topological polar surface area (TPSA) is 27.1 Å². The summed E-state index contributed by atoms with van der Waals surface area (Å²) >= 11 is 0. The zero-order valence-electron chi connectivity index (χ0n) is 15.1. The van der Waals surface area contributed by atoms with Gasteiger partial charge in [-0.3, -0.25) is 4.98 Å². The zero-order valence-corrected chi connectivity index (χ0v) is 15.9. The van der Waals surface area contributed by atoms with Crippen LogP contribution in [0.2, 0.25) is 0 Å². The minimum atomic E-state index is 0. The maximum atomic E-state index is 6.21. The molecule has 0 N–H and O–H groups in total. The van der Waals surface area contributed by atoms with E-state index in [1.54, 1.807) is 0 Å². The van der Waals surface area contributed by atoms with E-state index in [2.05, 4.69) is 54.6 Å². The minimum Gasteiger partial charge on any atom is -0.487 e. The molecule has 0 radical (unpaired) electrons. The average Bonchev–Trinajstić information content (AvgIpc) is 3.37. The molecule has 1 aromatic carbocycles. The number of hydrogen-bond donors (Lipinski definition) is 0. The summed E-state index contributed by atoms with van der Waals surface area (Å²) in [6.45, 7) is 8.15. The Kier molecular flexibility index (Phi) is 5.05. The van der Waals surface area contributed by atoms with E-state index in [-0.39, 0.29) is 12.4 Å². The number of rotatable bonds is 5. The van der Waals surface area contributed by atoms with Crippen molar-refractivity contribution in [3.8, 4) is 5.75 Å². The Bertz CT molecular complexity index is 896. The van der Waals surface area contributed by atoms with Crippen LogP contribution in [-0.4, -0.2) is 9.55 Å². The lowest BCUT2D eigenvalue weighted by Gasteiger charge is -2.12. The zero-order chi connectivity index (χ0) is 16.7. The number of aromatic nitrogens is 2. The van der Waals surface area contributed by atoms with Gasteiger partial charge in [0.15, 0.2) is 0 Å². The molecule has 1 aliphatic rings. The van der Waals surface area contributed by atoms with Crippen LogP contribution in [0.15, 0.2) is 36.5 Å². The molecule has 4 rings (SSSR count). The lowest BCUT2D eigenvalue weighted by Crippen LogP contribution is -2.04. The molecule has 2 aromatic heterocycles. The van der Waals surface area contributed by atoms with Gasteiger partial charge in [0.25, 0.3) is 0 Å². The van der Waals surface area contributed by atoms with Gasteiger partial charge < -0.3 is 9.30 Å². The van der Waals surface area contributed by atoms with E-state index >= 15 is 0 Å². The van der Waals surface area contributed by atoms with Crippen molar-refractivity contribution in [2.45, 2.75) is 46.8 Å². The molecule has 1 saturated carbocycles. The monoisotopic (exact) mass is 356 g/mol. The van der Waals surface area contributed by atoms with Crippen LogP contribution in [0.1, 0.15) is 35.2 Å². The van der Waals surface area contributed by atoms with Crippen LogP contribution < -0.4 is 4.74 Å². The fourth-order valence-electron chi connectivity index (χ4n) is 3.38. The Morgan fingerprint density at radius 1 is 1.16 bits per heavy atom. The van der Waals surface area contributed by atoms with Gasteiger partial charge in [0, 0.05) is 24.5 Å². The molecule has 4 heteroatoms. The van der Waals surface area contributed by atoms with E-state index in [1.165, 1.54) is 35.2 Å². The lowest BCUT2D eigenvalue weighted by atomic mass is 10.1. The quantitative estimate of drug-likeness (QED) is 0.614. The van der Waals surface area contributed by atoms with Gasteiger partial charge in [0.05, 0.1) is 5.52 Å². The highest BCUT2D eigenvalue weighted by Gasteiger charge is 2.25. The molecular formula is C21H25ClN2O. The number of pyridine rings is 1. The molecule has 0 saturated heterocycles. The van der Waals surface area contributed by atoms with E-state index in [0.717, 1.165) is 29.2 Å². The van der Waals surface area contributed by atoms with Crippen molar-refractivity contribution < 1.29 is 4.74 Å². The Morgan fingerprint density at radius 2 is 1.96 bits per heavy atom. The smallest absolute Gasteiger partial charge is 0.147 e. The highest BCUT2D eigenvalue weighted by atomic mass is 35.5. The lowest BCUT2D eigenvalue weighted by molar-refractivity contribution is 0.308. The fraction of sp³-hybridized carbons (Fsp3) is 0.381. The van der Waals surface area contributed by atoms with E-state index in [4.69, 9.17) is 4.74 Å². The summed E-state index contributed by atoms with van der Waals surface area (Å²) < 4.78 is 8.63. The van der Waals surface area contributed by atoms with Gasteiger partial charge in [-0.2, -0.15) is 0 Å². The van der Waals surface area contributed by atoms with Crippen LogP contribution in [0.4, 0.5) is 0 Å². The minimum absolute atomic E-state index is 0. The number of hydrogen-bond acceptors (Lipinski definition) is 2. The molecule has 3 nitrogen and oxygen atoms in total. The fourth-order valence-corrected chi connectivity index (χ4v) is 3.38. The van der Waals surface area contributed by atoms with Gasteiger partial charge in [-0.05, 0) is 50.7 Å². The van der Waals surface area contributed by atoms with Gasteiger partial charge >= 0.3 is 0 Å². The Morgan fingerprint density at radius 3 is 2.68 bits per heavy atom. The molecule has 132 valence electrons. The van der Waals surface area contributed by atoms with Crippen molar-refractivity contribution in [2.24, 2.45) is 5.92 Å². The highest BCUT2D eigenvalue weighted by molar-refractivity contribution is 5.86. The third-order valence-electron chi connectivity index (χ3n) is 5.07. The second kappa shape index (κ2) is 7.09. The third-order valence-corrected chi connectivity index (χ3v) is 5.07. The molecule has 3 aromatic rings. The first-order valence-electron chi connectivity index (χ1n) is 8.76. The van der Waals surface area contributed by atoms with Crippen LogP contribution in [0.25, 0.3) is 11.0 Å². The largest absolute Gasteiger partial charge is 0.487 e. The number of aryl methyl sites for hydroxylation is 2. The van der Waals surface area contributed by atoms with Gasteiger partial charge in [0.2, 0.25) is 0 Å². The first kappa shape index (κ1) is 17.8. The van der Waals surface area contributed by atoms with Crippen LogP contribution in [0.5, 0.6) is 5.75 Å². The molecule has 0 bridgehead atoms. The molecular weight excluding hydrogens is 332 g/mol. The Labute approximate surface area is 155 Å². The van der Waals surface area contributed by atoms with Crippen molar-refractivity contribution in [1.29, 1.82) is 0 Å². The average molecular weight is 357 g/mol. The van der Waals surface area contributed by atoms with Crippen molar-refractivity contribution in [3.05, 3.63) is 58.9 Å². The van der Waals surface area contributed by atoms with Crippen LogP contribution in [0, 0.1) is 26.7 Å². The van der Waals surface area contributed by atoms with E-state index in [1.807, 2.05) is 12.3 Å². The van der Waals surface area contributed by atoms with Gasteiger partial charge in [-0.1, -0.05) is 29.8 Å². The molecule has 0 aliphatic heterocycles. The molecule has 0 atom stereocenters. The number of ether oxygens (including phenoxy) is 1. The van der Waals surface area contributed by atoms with Gasteiger partial charge in [-0.15, -0.1) is 12.4 Å². The predicted octanol–water partition coefficient (Wildman–Crippen LogP) is 5.37. The van der Waals surface area contributed by atoms with Crippen molar-refractivity contribution in [3.63, 3.8) is 0 Å². The predicted molar refractivity (Wildman–Crippen MR) is 105 cm³/mol. The Balaban J connectivity index is 0.00000182. The molecule has 1 fully saturated rings. The number of fused-ring (bicyclic) bond motifs is 1. The number of halogens is 1. The summed E-state index contributed by atoms with van der Waals surface area (Å²) in [6, 6.07) is 10.5. The summed E-state index contributed by atoms with van der Waals surface area (Å²) in [7, 11) is 0. The summed E-state index contributed by atoms with van der Waals surface area (Å²) in [5.41, 5.74) is 7.29. The maximum absolute atomic E-state index is 6.21. The summed E-state index contributed by atoms with van der Waals surface area (Å²) in [4.78, 5) is 4.62. The first-order chi connectivity index (χ1) is 11.6. The van der Waals surface area contributed by atoms with Crippen LogP contribution in [-0.2, 0) is 13.2 Å². The molecule has 2 heterocycles. The van der Waals surface area contributed by atoms with Crippen molar-refractivity contribution in [2.75, 3.05) is 0 Å². The summed E-state index contributed by atoms with van der Waals surface area (Å²) in [5.74, 6) is 1.77. The molecule has 0 amide bonds. The van der Waals surface area contributed by atoms with Gasteiger partial charge in [-0.25, -0.2) is 0 Å². The Hall–Kier alpha value is -2.00. The molecule has 1 aliphatic carbocycles. The van der Waals surface area contributed by atoms with E-state index < -0.39 is 0 Å². The van der Waals surface area contributed by atoms with Crippen molar-refractivity contribution in [1.82, 2.24) is 9.55 Å². The second-order valence-electron chi connectivity index (χ2n) is 7.05. The first-order valence-corrected chi connectivity index (χ1v) is 8.76. The maximum Gasteiger partial charge on any atom is 0.147 e. The molecule has 25 heavy (non-hydrogen) atoms. The van der Waals surface area contributed by atoms with Crippen LogP contribution in [0.3, 0.4) is 0 Å². The second-order valence-corrected chi connectivity index (χ2v) is 7.05.